The summed E-state index contributed by atoms with van der Waals surface area (Å²) in [7, 11) is -8.00. The van der Waals surface area contributed by atoms with Crippen LogP contribution in [0, 0.1) is 50.1 Å². The Kier molecular flexibility index (Phi) is 28.5. The minimum Gasteiger partial charge on any atom is -0.371 e. The first-order valence-electron chi connectivity index (χ1n) is 46.4. The highest BCUT2D eigenvalue weighted by atomic mass is 35.5. The summed E-state index contributed by atoms with van der Waals surface area (Å²) in [6.45, 7) is 9.43. The average molecular weight is 2030 g/mol. The largest absolute Gasteiger partial charge is 0.371 e. The number of carbonyl (C=O) groups is 2. The molecule has 0 fully saturated rings. The second-order valence-corrected chi connectivity index (χ2v) is 40.8. The van der Waals surface area contributed by atoms with Crippen LogP contribution in [0.4, 0.5) is 75.6 Å². The predicted molar refractivity (Wildman–Crippen MR) is 554 cm³/mol. The topological polar surface area (TPSA) is 433 Å². The number of fused-ring (bicyclic) bond motifs is 8. The quantitative estimate of drug-likeness (QED) is 0.0284. The monoisotopic (exact) mass is 2030 g/mol. The van der Waals surface area contributed by atoms with Crippen molar-refractivity contribution >= 4 is 168 Å². The summed E-state index contributed by atoms with van der Waals surface area (Å²) in [5, 5.41) is 45.1. The van der Waals surface area contributed by atoms with Crippen molar-refractivity contribution in [3.05, 3.63) is 355 Å². The third-order valence-electron chi connectivity index (χ3n) is 25.5. The molecule has 0 saturated carbocycles. The molecule has 732 valence electrons. The van der Waals surface area contributed by atoms with Gasteiger partial charge >= 0.3 is 6.03 Å². The fourth-order valence-corrected chi connectivity index (χ4v) is 22.9. The lowest BCUT2D eigenvalue weighted by Crippen LogP contribution is -2.45. The number of sulfonamides is 2. The normalized spacial score (nSPS) is 15.4. The van der Waals surface area contributed by atoms with E-state index < -0.39 is 43.5 Å². The summed E-state index contributed by atoms with van der Waals surface area (Å²) in [4.78, 5) is 65.3. The number of nitrogens with two attached hydrogens (primary N) is 2. The van der Waals surface area contributed by atoms with Crippen LogP contribution < -0.4 is 51.1 Å². The lowest BCUT2D eigenvalue weighted by molar-refractivity contribution is -0.117. The number of halogens is 6. The Hall–Kier alpha value is -15.7. The lowest BCUT2D eigenvalue weighted by Gasteiger charge is -2.36. The minimum absolute atomic E-state index is 0.00771. The first-order chi connectivity index (χ1) is 69.6. The highest BCUT2D eigenvalue weighted by molar-refractivity contribution is 7.93. The molecular weight excluding hydrogens is 1940 g/mol. The van der Waals surface area contributed by atoms with Crippen LogP contribution in [-0.4, -0.2) is 154 Å². The third kappa shape index (κ3) is 22.1. The van der Waals surface area contributed by atoms with Gasteiger partial charge in [0.2, 0.25) is 11.9 Å². The van der Waals surface area contributed by atoms with Crippen molar-refractivity contribution in [1.82, 2.24) is 80.7 Å². The van der Waals surface area contributed by atoms with Crippen molar-refractivity contribution in [2.45, 2.75) is 107 Å². The van der Waals surface area contributed by atoms with Gasteiger partial charge in [0.1, 0.15) is 34.9 Å². The van der Waals surface area contributed by atoms with Crippen LogP contribution in [0.25, 0.3) is 44.1 Å². The van der Waals surface area contributed by atoms with Crippen LogP contribution in [0.15, 0.2) is 259 Å². The number of hydrogen-bond donors (Lipinski definition) is 10. The standard InChI is InChI=1S/C30H27FN6O3S.C28H24F2N8O3S.C23H22Cl2N6.C23H23ClN6/c1-19-33-29(26-17-32-36-30(26)34-19)35-23-15-22-9-3-5-12-28(22)37(18-23)41(39,40)25-10-6-7-20(14-25)13-24(38)16-21-8-2-4-11-27(21)31;1-16-32-26(22-14-31-37-27(22)33-16)34-20-12-17-4-2-3-5-25(17)38(15-20)42(40,41)21-9-6-18(7-10-21)35-28(39)36-19-8-11-23(29)24(30)13-19;24-17-6-5-15(19(25)11-17)7-8-31-13-14(9-16-3-1-2-4-21(16)31)10-20-18-12-27-30-22(18)29-23(26)28-20;1-14-6-7-17(19(24)8-14)13-30-12-15(9-16-4-2-3-5-21(16)30)10-20-18-11-26-29-22(18)28-23(25)27-20/h2-12,14,17,23H,13,15-16,18H2,1H3,(H2,32,33,34,35,36);2-11,13-14,20H,12,15H2,1H3,(H2,35,36,39)(H2,31,32,33,34,37);1-6,11-12,14H,7-10,13H2,(H3,26,27,28,29,30);2-8,11,15H,9-10,12-13H2,1H3,(H3,25,26,27,28,29). The van der Waals surface area contributed by atoms with Crippen molar-refractivity contribution in [3.8, 4) is 0 Å². The zero-order valence-corrected chi connectivity index (χ0v) is 81.8. The number of amides is 2. The fraction of sp³-hybridized carbons (Fsp3) is 0.212. The van der Waals surface area contributed by atoms with E-state index in [4.69, 9.17) is 46.3 Å². The minimum atomic E-state index is -4.01. The summed E-state index contributed by atoms with van der Waals surface area (Å²) < 4.78 is 99.3. The Labute approximate surface area is 840 Å². The van der Waals surface area contributed by atoms with Gasteiger partial charge < -0.3 is 42.5 Å². The molecule has 10 aromatic carbocycles. The first-order valence-corrected chi connectivity index (χ1v) is 50.4. The number of H-pyrrole nitrogens is 4. The van der Waals surface area contributed by atoms with Gasteiger partial charge in [-0.3, -0.25) is 33.8 Å². The molecule has 4 unspecified atom stereocenters. The highest BCUT2D eigenvalue weighted by Gasteiger charge is 2.38. The van der Waals surface area contributed by atoms with Crippen molar-refractivity contribution in [2.75, 3.05) is 83.9 Å². The molecular formula is C104H96Cl3F3N26O6S2. The van der Waals surface area contributed by atoms with E-state index in [1.807, 2.05) is 48.5 Å². The number of para-hydroxylation sites is 4. The Morgan fingerprint density at radius 3 is 1.45 bits per heavy atom. The number of nitrogens with zero attached hydrogens (tertiary/aromatic N) is 16. The maximum atomic E-state index is 14.1. The highest BCUT2D eigenvalue weighted by Crippen LogP contribution is 2.41. The summed E-state index contributed by atoms with van der Waals surface area (Å²) in [6.07, 6.45) is 12.4. The number of nitrogen functional groups attached to an aromatic ring is 2. The molecule has 12 N–H and O–H groups in total. The maximum Gasteiger partial charge on any atom is 0.323 e. The van der Waals surface area contributed by atoms with Crippen LogP contribution in [0.1, 0.15) is 73.1 Å². The van der Waals surface area contributed by atoms with Gasteiger partial charge in [-0.25, -0.2) is 64.7 Å². The molecule has 144 heavy (non-hydrogen) atoms. The molecule has 4 aliphatic heterocycles. The molecule has 18 aromatic rings. The molecule has 4 atom stereocenters. The number of benzene rings is 10. The van der Waals surface area contributed by atoms with E-state index in [-0.39, 0.29) is 71.2 Å². The second-order valence-electron chi connectivity index (χ2n) is 35.8. The van der Waals surface area contributed by atoms with Gasteiger partial charge in [0.15, 0.2) is 34.2 Å². The summed E-state index contributed by atoms with van der Waals surface area (Å²) >= 11 is 19.0. The molecule has 0 saturated heterocycles. The Balaban J connectivity index is 0.000000123. The van der Waals surface area contributed by atoms with Crippen molar-refractivity contribution in [2.24, 2.45) is 11.8 Å². The lowest BCUT2D eigenvalue weighted by atomic mass is 9.88. The molecule has 12 heterocycles. The van der Waals surface area contributed by atoms with E-state index in [0.717, 1.165) is 125 Å². The first kappa shape index (κ1) is 97.1. The van der Waals surface area contributed by atoms with E-state index in [0.29, 0.717) is 114 Å². The number of ketones is 1. The van der Waals surface area contributed by atoms with Crippen molar-refractivity contribution in [1.29, 1.82) is 0 Å². The maximum absolute atomic E-state index is 14.1. The number of rotatable bonds is 23. The number of aryl methyl sites for hydroxylation is 3. The summed E-state index contributed by atoms with van der Waals surface area (Å²) in [5.74, 6) is 0.837. The van der Waals surface area contributed by atoms with Crippen LogP contribution in [0.5, 0.6) is 0 Å². The number of anilines is 10. The van der Waals surface area contributed by atoms with E-state index in [2.05, 4.69) is 179 Å². The number of nitrogens with one attached hydrogen (secondary N) is 8. The van der Waals surface area contributed by atoms with Gasteiger partial charge in [-0.2, -0.15) is 30.4 Å². The van der Waals surface area contributed by atoms with E-state index >= 15 is 0 Å². The second kappa shape index (κ2) is 42.2. The van der Waals surface area contributed by atoms with Gasteiger partial charge in [-0.05, 0) is 225 Å². The predicted octanol–water partition coefficient (Wildman–Crippen LogP) is 18.2. The number of urea groups is 1. The molecule has 4 aliphatic rings. The van der Waals surface area contributed by atoms with Crippen LogP contribution >= 0.6 is 34.8 Å². The van der Waals surface area contributed by atoms with E-state index in [1.165, 1.54) is 85.2 Å². The number of aromatic amines is 4. The number of Topliss-reactive ketones (excluding diaryl/α,β-unsaturated/α-hetero) is 1. The molecule has 0 radical (unpaired) electrons. The fourth-order valence-electron chi connectivity index (χ4n) is 18.9. The van der Waals surface area contributed by atoms with Gasteiger partial charge in [-0.1, -0.05) is 156 Å². The number of aromatic nitrogens is 16. The summed E-state index contributed by atoms with van der Waals surface area (Å²) in [6, 6.07) is 63.9. The molecule has 2 amide bonds. The molecule has 0 bridgehead atoms. The smallest absolute Gasteiger partial charge is 0.323 e. The van der Waals surface area contributed by atoms with Crippen LogP contribution in [0.2, 0.25) is 15.1 Å². The molecule has 22 rings (SSSR count). The zero-order chi connectivity index (χ0) is 100. The van der Waals surface area contributed by atoms with E-state index in [9.17, 15) is 39.6 Å². The van der Waals surface area contributed by atoms with Gasteiger partial charge in [0, 0.05) is 82.9 Å². The van der Waals surface area contributed by atoms with Gasteiger partial charge in [-0.15, -0.1) is 0 Å². The third-order valence-corrected chi connectivity index (χ3v) is 30.0. The van der Waals surface area contributed by atoms with E-state index in [1.54, 1.807) is 93.2 Å². The Morgan fingerprint density at radius 1 is 0.424 bits per heavy atom. The number of hydrogen-bond acceptors (Lipinski definition) is 24. The summed E-state index contributed by atoms with van der Waals surface area (Å²) in [5.41, 5.74) is 29.1. The SMILES string of the molecule is Cc1ccc(CN2CC(Cc3nc(N)nc4[nH]ncc34)Cc3ccccc32)c(Cl)c1.Cc1nc(NC2Cc3ccccc3N(S(=O)(=O)c3ccc(NC(=O)Nc4ccc(F)c(F)c4)cc3)C2)c2cn[nH]c2n1.Cc1nc(NC2Cc3ccccc3N(S(=O)(=O)c3cccc(CC(=O)Cc4ccccc4F)c3)C2)c2cn[nH]c2n1.Nc1nc(CC2Cc3ccccc3N(CCc3ccc(Cl)cc3Cl)C2)c2cn[nH]c2n1. The van der Waals surface area contributed by atoms with Crippen molar-refractivity contribution in [3.63, 3.8) is 0 Å². The zero-order valence-electron chi connectivity index (χ0n) is 77.9. The molecule has 0 spiro atoms. The molecule has 0 aliphatic carbocycles. The molecule has 40 heteroatoms. The van der Waals surface area contributed by atoms with Crippen LogP contribution in [-0.2, 0) is 89.2 Å². The number of carbonyl (C=O) groups excluding carboxylic acids is 2. The molecule has 32 nitrogen and oxygen atoms in total. The van der Waals surface area contributed by atoms with Gasteiger partial charge in [0.25, 0.3) is 20.0 Å². The van der Waals surface area contributed by atoms with Gasteiger partial charge in [0.05, 0.1) is 104 Å². The Morgan fingerprint density at radius 2 is 0.903 bits per heavy atom. The molecule has 8 aromatic heterocycles. The van der Waals surface area contributed by atoms with Crippen LogP contribution in [0.3, 0.4) is 0 Å². The van der Waals surface area contributed by atoms with Crippen molar-refractivity contribution < 1.29 is 39.6 Å². The Bertz CT molecular complexity index is 8110. The average Bonchev–Trinajstić information content (AvgIpc) is 1.13.